The Hall–Kier alpha value is -3.67. The monoisotopic (exact) mass is 457 g/mol. The summed E-state index contributed by atoms with van der Waals surface area (Å²) in [6.45, 7) is 3.11. The summed E-state index contributed by atoms with van der Waals surface area (Å²) in [4.78, 5) is 14.8. The van der Waals surface area contributed by atoms with E-state index in [9.17, 15) is 23.2 Å². The van der Waals surface area contributed by atoms with Crippen molar-refractivity contribution in [1.29, 1.82) is 5.26 Å². The van der Waals surface area contributed by atoms with Crippen LogP contribution in [0.4, 0.5) is 18.9 Å². The first-order valence-corrected chi connectivity index (χ1v) is 10.5. The molecule has 0 radical (unpaired) electrons. The second kappa shape index (κ2) is 8.70. The Bertz CT molecular complexity index is 1270. The molecule has 0 atom stereocenters. The van der Waals surface area contributed by atoms with Gasteiger partial charge in [-0.2, -0.15) is 5.26 Å². The first-order chi connectivity index (χ1) is 15.7. The predicted octanol–water partition coefficient (Wildman–Crippen LogP) is 4.67. The van der Waals surface area contributed by atoms with Crippen molar-refractivity contribution in [3.05, 3.63) is 63.9 Å². The van der Waals surface area contributed by atoms with Crippen LogP contribution in [-0.2, 0) is 7.05 Å². The van der Waals surface area contributed by atoms with Crippen molar-refractivity contribution in [2.24, 2.45) is 7.05 Å². The number of pyridine rings is 1. The van der Waals surface area contributed by atoms with Gasteiger partial charge in [0.25, 0.3) is 5.56 Å². The van der Waals surface area contributed by atoms with E-state index in [1.807, 2.05) is 30.0 Å². The van der Waals surface area contributed by atoms with Crippen molar-refractivity contribution in [3.8, 4) is 17.6 Å². The van der Waals surface area contributed by atoms with E-state index < -0.39 is 6.36 Å². The van der Waals surface area contributed by atoms with Crippen LogP contribution in [0, 0.1) is 18.3 Å². The Balaban J connectivity index is 1.52. The number of rotatable bonds is 4. The van der Waals surface area contributed by atoms with Gasteiger partial charge in [0.05, 0.1) is 11.2 Å². The van der Waals surface area contributed by atoms with E-state index in [4.69, 9.17) is 4.74 Å². The van der Waals surface area contributed by atoms with E-state index in [0.29, 0.717) is 37.4 Å². The summed E-state index contributed by atoms with van der Waals surface area (Å²) in [5.41, 5.74) is 2.23. The van der Waals surface area contributed by atoms with Crippen molar-refractivity contribution < 1.29 is 22.6 Å². The Kier molecular flexibility index (Phi) is 5.93. The summed E-state index contributed by atoms with van der Waals surface area (Å²) in [6.07, 6.45) is -3.61. The molecule has 1 aliphatic rings. The van der Waals surface area contributed by atoms with E-state index in [-0.39, 0.29) is 23.0 Å². The molecule has 0 aliphatic carbocycles. The summed E-state index contributed by atoms with van der Waals surface area (Å²) < 4.78 is 48.3. The number of halogens is 3. The smallest absolute Gasteiger partial charge is 0.490 e. The summed E-state index contributed by atoms with van der Waals surface area (Å²) in [7, 11) is 1.66. The number of piperidine rings is 1. The van der Waals surface area contributed by atoms with Gasteiger partial charge in [-0.15, -0.1) is 13.2 Å². The molecule has 1 aliphatic heterocycles. The molecule has 1 fully saturated rings. The lowest BCUT2D eigenvalue weighted by Crippen LogP contribution is -2.40. The molecular weight excluding hydrogens is 435 g/mol. The predicted molar refractivity (Wildman–Crippen MR) is 118 cm³/mol. The number of ether oxygens (including phenoxy) is 2. The lowest BCUT2D eigenvalue weighted by atomic mass is 10.0. The highest BCUT2D eigenvalue weighted by atomic mass is 19.4. The molecule has 3 aromatic rings. The van der Waals surface area contributed by atoms with Gasteiger partial charge in [-0.3, -0.25) is 4.79 Å². The standard InChI is InChI=1S/C24H22F3N3O3/c1-15-3-8-21-19(13-15)22(20(14-28)23(31)29(21)2)30-11-9-17(10-12-30)32-16-4-6-18(7-5-16)33-24(25,26)27/h3-8,13,17H,9-12H2,1-2H3. The van der Waals surface area contributed by atoms with Crippen LogP contribution >= 0.6 is 0 Å². The molecule has 2 aromatic carbocycles. The minimum absolute atomic E-state index is 0.121. The van der Waals surface area contributed by atoms with Gasteiger partial charge in [-0.05, 0) is 43.3 Å². The molecule has 0 unspecified atom stereocenters. The van der Waals surface area contributed by atoms with Gasteiger partial charge in [-0.25, -0.2) is 0 Å². The van der Waals surface area contributed by atoms with Crippen molar-refractivity contribution in [1.82, 2.24) is 4.57 Å². The van der Waals surface area contributed by atoms with E-state index in [2.05, 4.69) is 10.8 Å². The molecule has 2 heterocycles. The zero-order valence-corrected chi connectivity index (χ0v) is 18.1. The van der Waals surface area contributed by atoms with Gasteiger partial charge < -0.3 is 18.9 Å². The number of benzene rings is 2. The van der Waals surface area contributed by atoms with Crippen LogP contribution in [-0.4, -0.2) is 30.1 Å². The molecule has 33 heavy (non-hydrogen) atoms. The summed E-state index contributed by atoms with van der Waals surface area (Å²) in [5.74, 6) is 0.150. The number of hydrogen-bond donors (Lipinski definition) is 0. The Morgan fingerprint density at radius 2 is 1.70 bits per heavy atom. The Morgan fingerprint density at radius 3 is 2.30 bits per heavy atom. The first kappa shape index (κ1) is 22.5. The third-order valence-electron chi connectivity index (χ3n) is 5.75. The quantitative estimate of drug-likeness (QED) is 0.570. The van der Waals surface area contributed by atoms with Crippen LogP contribution in [0.5, 0.6) is 11.5 Å². The zero-order valence-electron chi connectivity index (χ0n) is 18.1. The van der Waals surface area contributed by atoms with E-state index in [1.54, 1.807) is 7.05 Å². The fraction of sp³-hybridized carbons (Fsp3) is 0.333. The lowest BCUT2D eigenvalue weighted by Gasteiger charge is -2.35. The first-order valence-electron chi connectivity index (χ1n) is 10.5. The Morgan fingerprint density at radius 1 is 1.06 bits per heavy atom. The minimum atomic E-state index is -4.74. The highest BCUT2D eigenvalue weighted by molar-refractivity contribution is 5.95. The van der Waals surface area contributed by atoms with Crippen LogP contribution in [0.25, 0.3) is 10.9 Å². The van der Waals surface area contributed by atoms with Gasteiger partial charge in [0.2, 0.25) is 0 Å². The van der Waals surface area contributed by atoms with Crippen molar-refractivity contribution in [3.63, 3.8) is 0 Å². The van der Waals surface area contributed by atoms with Crippen molar-refractivity contribution >= 4 is 16.6 Å². The van der Waals surface area contributed by atoms with Crippen LogP contribution in [0.2, 0.25) is 0 Å². The largest absolute Gasteiger partial charge is 0.573 e. The van der Waals surface area contributed by atoms with Gasteiger partial charge >= 0.3 is 6.36 Å². The number of aromatic nitrogens is 1. The maximum absolute atomic E-state index is 12.8. The second-order valence-electron chi connectivity index (χ2n) is 8.04. The molecule has 0 saturated carbocycles. The summed E-state index contributed by atoms with van der Waals surface area (Å²) in [6, 6.07) is 13.2. The molecule has 1 aromatic heterocycles. The molecule has 0 spiro atoms. The average Bonchev–Trinajstić information content (AvgIpc) is 2.77. The third kappa shape index (κ3) is 4.75. The van der Waals surface area contributed by atoms with Crippen LogP contribution in [0.1, 0.15) is 24.0 Å². The molecule has 172 valence electrons. The number of nitrogens with zero attached hydrogens (tertiary/aromatic N) is 3. The van der Waals surface area contributed by atoms with E-state index in [0.717, 1.165) is 16.5 Å². The highest BCUT2D eigenvalue weighted by Gasteiger charge is 2.31. The number of aryl methyl sites for hydroxylation is 2. The molecule has 0 N–H and O–H groups in total. The van der Waals surface area contributed by atoms with Crippen LogP contribution < -0.4 is 19.9 Å². The summed E-state index contributed by atoms with van der Waals surface area (Å²) in [5, 5.41) is 10.6. The highest BCUT2D eigenvalue weighted by Crippen LogP contribution is 2.32. The molecular formula is C24H22F3N3O3. The second-order valence-corrected chi connectivity index (χ2v) is 8.04. The van der Waals surface area contributed by atoms with Gasteiger partial charge in [-0.1, -0.05) is 11.6 Å². The Labute approximate surface area is 188 Å². The summed E-state index contributed by atoms with van der Waals surface area (Å²) >= 11 is 0. The van der Waals surface area contributed by atoms with Crippen LogP contribution in [0.15, 0.2) is 47.3 Å². The molecule has 4 rings (SSSR count). The van der Waals surface area contributed by atoms with Gasteiger partial charge in [0.1, 0.15) is 29.2 Å². The van der Waals surface area contributed by atoms with Crippen molar-refractivity contribution in [2.45, 2.75) is 32.2 Å². The molecule has 1 saturated heterocycles. The van der Waals surface area contributed by atoms with E-state index in [1.165, 1.54) is 28.8 Å². The SMILES string of the molecule is Cc1ccc2c(c1)c(N1CCC(Oc3ccc(OC(F)(F)F)cc3)CC1)c(C#N)c(=O)n2C. The number of nitriles is 1. The third-order valence-corrected chi connectivity index (χ3v) is 5.75. The van der Waals surface area contributed by atoms with E-state index >= 15 is 0 Å². The topological polar surface area (TPSA) is 67.5 Å². The van der Waals surface area contributed by atoms with Crippen molar-refractivity contribution in [2.75, 3.05) is 18.0 Å². The lowest BCUT2D eigenvalue weighted by molar-refractivity contribution is -0.274. The number of hydrogen-bond acceptors (Lipinski definition) is 5. The molecule has 0 bridgehead atoms. The molecule has 9 heteroatoms. The van der Waals surface area contributed by atoms with Gasteiger partial charge in [0.15, 0.2) is 0 Å². The maximum Gasteiger partial charge on any atom is 0.573 e. The number of alkyl halides is 3. The fourth-order valence-electron chi connectivity index (χ4n) is 4.18. The minimum Gasteiger partial charge on any atom is -0.490 e. The fourth-order valence-corrected chi connectivity index (χ4v) is 4.18. The maximum atomic E-state index is 12.8. The van der Waals surface area contributed by atoms with Gasteiger partial charge in [0, 0.05) is 38.4 Å². The normalized spacial score (nSPS) is 14.8. The number of anilines is 1. The number of fused-ring (bicyclic) bond motifs is 1. The average molecular weight is 457 g/mol. The zero-order chi connectivity index (χ0) is 23.8. The molecule has 6 nitrogen and oxygen atoms in total. The van der Waals surface area contributed by atoms with Crippen LogP contribution in [0.3, 0.4) is 0 Å². The molecule has 0 amide bonds.